The molecule has 3 aromatic carbocycles. The first-order valence-corrected chi connectivity index (χ1v) is 12.4. The van der Waals surface area contributed by atoms with Crippen molar-refractivity contribution >= 4 is 40.9 Å². The van der Waals surface area contributed by atoms with Crippen LogP contribution in [-0.4, -0.2) is 36.1 Å². The molecular formula is C26H20ClF3N2O3S. The molecule has 0 aliphatic carbocycles. The third kappa shape index (κ3) is 4.00. The summed E-state index contributed by atoms with van der Waals surface area (Å²) < 4.78 is 44.4. The molecule has 2 heterocycles. The van der Waals surface area contributed by atoms with E-state index < -0.39 is 16.6 Å². The summed E-state index contributed by atoms with van der Waals surface area (Å²) in [6.07, 6.45) is -4.45. The fourth-order valence-electron chi connectivity index (χ4n) is 4.61. The van der Waals surface area contributed by atoms with Crippen LogP contribution < -0.4 is 9.64 Å². The Morgan fingerprint density at radius 1 is 1.08 bits per heavy atom. The first-order chi connectivity index (χ1) is 17.1. The molecule has 186 valence electrons. The second-order valence-corrected chi connectivity index (χ2v) is 10.1. The maximum atomic E-state index is 14.1. The van der Waals surface area contributed by atoms with Gasteiger partial charge in [0.15, 0.2) is 4.87 Å². The summed E-state index contributed by atoms with van der Waals surface area (Å²) in [5, 5.41) is 0.492. The molecule has 1 unspecified atom stereocenters. The minimum Gasteiger partial charge on any atom is -0.497 e. The van der Waals surface area contributed by atoms with Gasteiger partial charge in [-0.25, -0.2) is 0 Å². The fraction of sp³-hybridized carbons (Fsp3) is 0.231. The number of rotatable bonds is 4. The summed E-state index contributed by atoms with van der Waals surface area (Å²) in [5.74, 6) is 0.435. The predicted molar refractivity (Wildman–Crippen MR) is 132 cm³/mol. The highest BCUT2D eigenvalue weighted by Gasteiger charge is 2.59. The molecule has 3 aromatic rings. The first-order valence-electron chi connectivity index (χ1n) is 11.0. The van der Waals surface area contributed by atoms with Gasteiger partial charge in [0.2, 0.25) is 0 Å². The quantitative estimate of drug-likeness (QED) is 0.416. The fourth-order valence-corrected chi connectivity index (χ4v) is 6.19. The Bertz CT molecular complexity index is 1330. The smallest absolute Gasteiger partial charge is 0.416 e. The molecule has 1 atom stereocenters. The van der Waals surface area contributed by atoms with E-state index in [1.807, 2.05) is 0 Å². The van der Waals surface area contributed by atoms with Crippen LogP contribution in [0.2, 0.25) is 5.02 Å². The van der Waals surface area contributed by atoms with Crippen LogP contribution in [0.5, 0.6) is 5.75 Å². The maximum absolute atomic E-state index is 14.1. The molecule has 0 radical (unpaired) electrons. The van der Waals surface area contributed by atoms with Crippen molar-refractivity contribution < 1.29 is 27.5 Å². The van der Waals surface area contributed by atoms with E-state index >= 15 is 0 Å². The van der Waals surface area contributed by atoms with E-state index in [0.717, 1.165) is 12.1 Å². The Labute approximate surface area is 214 Å². The topological polar surface area (TPSA) is 49.9 Å². The lowest BCUT2D eigenvalue weighted by Gasteiger charge is -2.33. The predicted octanol–water partition coefficient (Wildman–Crippen LogP) is 5.96. The van der Waals surface area contributed by atoms with Gasteiger partial charge in [-0.3, -0.25) is 9.59 Å². The molecule has 10 heteroatoms. The summed E-state index contributed by atoms with van der Waals surface area (Å²) >= 11 is 7.35. The summed E-state index contributed by atoms with van der Waals surface area (Å²) in [5.41, 5.74) is 1.38. The van der Waals surface area contributed by atoms with Gasteiger partial charge < -0.3 is 14.5 Å². The standard InChI is InChI=1S/C26H20ClF3N2O3S/c1-35-20-10-11-22-21(14-20)25(32(12-13-36-25)23(33)17-4-8-19(27)9-5-17)24(34)31(22)15-16-2-6-18(7-3-16)26(28,29)30/h2-11,14H,12-13,15H2,1H3. The normalized spacial score (nSPS) is 19.2. The number of hydrogen-bond donors (Lipinski definition) is 0. The largest absolute Gasteiger partial charge is 0.497 e. The molecule has 2 aliphatic heterocycles. The van der Waals surface area contributed by atoms with E-state index in [1.165, 1.54) is 35.9 Å². The third-order valence-corrected chi connectivity index (χ3v) is 8.03. The Hall–Kier alpha value is -3.17. The summed E-state index contributed by atoms with van der Waals surface area (Å²) in [7, 11) is 1.52. The van der Waals surface area contributed by atoms with E-state index in [1.54, 1.807) is 47.4 Å². The maximum Gasteiger partial charge on any atom is 0.416 e. The van der Waals surface area contributed by atoms with Gasteiger partial charge in [0.25, 0.3) is 11.8 Å². The van der Waals surface area contributed by atoms with Crippen LogP contribution in [0.1, 0.15) is 27.0 Å². The minimum atomic E-state index is -4.45. The van der Waals surface area contributed by atoms with Gasteiger partial charge in [0.05, 0.1) is 24.9 Å². The van der Waals surface area contributed by atoms with Crippen molar-refractivity contribution in [1.82, 2.24) is 4.90 Å². The average Bonchev–Trinajstić information content (AvgIpc) is 3.40. The third-order valence-electron chi connectivity index (χ3n) is 6.36. The van der Waals surface area contributed by atoms with Gasteiger partial charge in [0, 0.05) is 28.4 Å². The van der Waals surface area contributed by atoms with Crippen LogP contribution in [0, 0.1) is 0 Å². The van der Waals surface area contributed by atoms with Gasteiger partial charge in [-0.15, -0.1) is 11.8 Å². The number of ether oxygens (including phenoxy) is 1. The van der Waals surface area contributed by atoms with Crippen LogP contribution >= 0.6 is 23.4 Å². The monoisotopic (exact) mass is 532 g/mol. The molecule has 2 amide bonds. The summed E-state index contributed by atoms with van der Waals surface area (Å²) in [6.45, 7) is 0.407. The van der Waals surface area contributed by atoms with Gasteiger partial charge >= 0.3 is 6.18 Å². The number of halogens is 4. The molecule has 0 N–H and O–H groups in total. The second kappa shape index (κ2) is 9.05. The van der Waals surface area contributed by atoms with Crippen LogP contribution in [-0.2, 0) is 22.4 Å². The molecule has 1 saturated heterocycles. The van der Waals surface area contributed by atoms with Crippen molar-refractivity contribution in [3.63, 3.8) is 0 Å². The molecule has 2 aliphatic rings. The van der Waals surface area contributed by atoms with Crippen molar-refractivity contribution in [2.45, 2.75) is 17.6 Å². The Kier molecular flexibility index (Phi) is 6.16. The highest BCUT2D eigenvalue weighted by Crippen LogP contribution is 2.55. The molecule has 1 spiro atoms. The minimum absolute atomic E-state index is 0.0571. The first kappa shape index (κ1) is 24.5. The molecule has 36 heavy (non-hydrogen) atoms. The number of carbonyl (C=O) groups excluding carboxylic acids is 2. The van der Waals surface area contributed by atoms with Crippen molar-refractivity contribution in [1.29, 1.82) is 0 Å². The Balaban J connectivity index is 1.55. The van der Waals surface area contributed by atoms with E-state index in [4.69, 9.17) is 16.3 Å². The number of carbonyl (C=O) groups is 2. The lowest BCUT2D eigenvalue weighted by Crippen LogP contribution is -2.50. The number of nitrogens with zero attached hydrogens (tertiary/aromatic N) is 2. The van der Waals surface area contributed by atoms with E-state index in [2.05, 4.69) is 0 Å². The lowest BCUT2D eigenvalue weighted by molar-refractivity contribution is -0.137. The molecular weight excluding hydrogens is 513 g/mol. The number of anilines is 1. The molecule has 5 rings (SSSR count). The molecule has 1 fully saturated rings. The van der Waals surface area contributed by atoms with Gasteiger partial charge in [0.1, 0.15) is 5.75 Å². The Morgan fingerprint density at radius 2 is 1.78 bits per heavy atom. The van der Waals surface area contributed by atoms with Crippen LogP contribution in [0.25, 0.3) is 0 Å². The molecule has 0 aromatic heterocycles. The lowest BCUT2D eigenvalue weighted by atomic mass is 10.0. The SMILES string of the molecule is COc1ccc2c(c1)C1(SCCN1C(=O)c1ccc(Cl)cc1)C(=O)N2Cc1ccc(C(F)(F)F)cc1. The Morgan fingerprint density at radius 3 is 2.42 bits per heavy atom. The van der Waals surface area contributed by atoms with E-state index in [0.29, 0.717) is 45.4 Å². The van der Waals surface area contributed by atoms with Crippen molar-refractivity contribution in [2.24, 2.45) is 0 Å². The van der Waals surface area contributed by atoms with Gasteiger partial charge in [-0.05, 0) is 60.2 Å². The molecule has 5 nitrogen and oxygen atoms in total. The number of fused-ring (bicyclic) bond motifs is 2. The zero-order valence-corrected chi connectivity index (χ0v) is 20.6. The van der Waals surface area contributed by atoms with Crippen molar-refractivity contribution in [3.05, 3.63) is 94.0 Å². The van der Waals surface area contributed by atoms with Crippen LogP contribution in [0.4, 0.5) is 18.9 Å². The molecule has 0 bridgehead atoms. The van der Waals surface area contributed by atoms with Crippen LogP contribution in [0.3, 0.4) is 0 Å². The van der Waals surface area contributed by atoms with Crippen molar-refractivity contribution in [3.8, 4) is 5.75 Å². The number of thioether (sulfide) groups is 1. The zero-order valence-electron chi connectivity index (χ0n) is 19.0. The number of hydrogen-bond acceptors (Lipinski definition) is 4. The molecule has 0 saturated carbocycles. The summed E-state index contributed by atoms with van der Waals surface area (Å²) in [4.78, 5) is 29.4. The number of benzene rings is 3. The number of amides is 2. The van der Waals surface area contributed by atoms with Gasteiger partial charge in [-0.1, -0.05) is 23.7 Å². The number of alkyl halides is 3. The van der Waals surface area contributed by atoms with E-state index in [-0.39, 0.29) is 18.4 Å². The van der Waals surface area contributed by atoms with E-state index in [9.17, 15) is 22.8 Å². The van der Waals surface area contributed by atoms with Crippen molar-refractivity contribution in [2.75, 3.05) is 24.3 Å². The highest BCUT2D eigenvalue weighted by atomic mass is 35.5. The second-order valence-electron chi connectivity index (χ2n) is 8.43. The zero-order chi connectivity index (χ0) is 25.7. The summed E-state index contributed by atoms with van der Waals surface area (Å²) in [6, 6.07) is 16.4. The van der Waals surface area contributed by atoms with Gasteiger partial charge in [-0.2, -0.15) is 13.2 Å². The van der Waals surface area contributed by atoms with Crippen LogP contribution in [0.15, 0.2) is 66.7 Å². The highest BCUT2D eigenvalue weighted by molar-refractivity contribution is 8.01. The average molecular weight is 533 g/mol. The number of methoxy groups -OCH3 is 1.